The molecule has 1 unspecified atom stereocenters. The quantitative estimate of drug-likeness (QED) is 0.912. The van der Waals surface area contributed by atoms with Crippen LogP contribution in [0.4, 0.5) is 5.69 Å². The van der Waals surface area contributed by atoms with Crippen molar-refractivity contribution in [1.29, 1.82) is 0 Å². The van der Waals surface area contributed by atoms with Crippen LogP contribution in [0.2, 0.25) is 5.02 Å². The Balaban J connectivity index is 2.15. The van der Waals surface area contributed by atoms with Crippen LogP contribution in [0.1, 0.15) is 18.4 Å². The lowest BCUT2D eigenvalue weighted by Crippen LogP contribution is -2.37. The van der Waals surface area contributed by atoms with Crippen molar-refractivity contribution in [3.63, 3.8) is 0 Å². The number of methoxy groups -OCH3 is 1. The maximum absolute atomic E-state index is 9.43. The topological polar surface area (TPSA) is 32.7 Å². The van der Waals surface area contributed by atoms with Crippen molar-refractivity contribution < 1.29 is 9.84 Å². The molecule has 0 aromatic heterocycles. The van der Waals surface area contributed by atoms with Gasteiger partial charge in [0, 0.05) is 36.5 Å². The van der Waals surface area contributed by atoms with Crippen LogP contribution in [0, 0.1) is 5.92 Å². The van der Waals surface area contributed by atoms with Gasteiger partial charge in [0.05, 0.1) is 13.2 Å². The largest absolute Gasteiger partial charge is 0.392 e. The molecule has 18 heavy (non-hydrogen) atoms. The highest BCUT2D eigenvalue weighted by atomic mass is 35.5. The van der Waals surface area contributed by atoms with Crippen LogP contribution in [0.15, 0.2) is 18.2 Å². The first-order valence-electron chi connectivity index (χ1n) is 6.37. The van der Waals surface area contributed by atoms with E-state index >= 15 is 0 Å². The lowest BCUT2D eigenvalue weighted by atomic mass is 9.97. The molecular weight excluding hydrogens is 250 g/mol. The molecule has 1 aromatic carbocycles. The summed E-state index contributed by atoms with van der Waals surface area (Å²) in [4.78, 5) is 2.33. The fourth-order valence-electron chi connectivity index (χ4n) is 2.64. The molecule has 1 aliphatic rings. The molecule has 100 valence electrons. The van der Waals surface area contributed by atoms with Gasteiger partial charge in [-0.2, -0.15) is 0 Å². The Morgan fingerprint density at radius 1 is 1.50 bits per heavy atom. The van der Waals surface area contributed by atoms with Crippen LogP contribution in [0.5, 0.6) is 0 Å². The smallest absolute Gasteiger partial charge is 0.0702 e. The van der Waals surface area contributed by atoms with Gasteiger partial charge in [-0.25, -0.2) is 0 Å². The number of halogens is 1. The SMILES string of the molecule is COCC1CCCN(c2ccc(Cl)cc2CO)C1. The molecule has 0 aliphatic carbocycles. The Labute approximate surface area is 113 Å². The Morgan fingerprint density at radius 3 is 3.06 bits per heavy atom. The van der Waals surface area contributed by atoms with E-state index in [1.165, 1.54) is 12.8 Å². The first kappa shape index (κ1) is 13.7. The Morgan fingerprint density at radius 2 is 2.33 bits per heavy atom. The summed E-state index contributed by atoms with van der Waals surface area (Å²) in [6, 6.07) is 5.73. The van der Waals surface area contributed by atoms with E-state index in [1.807, 2.05) is 18.2 Å². The maximum atomic E-state index is 9.43. The van der Waals surface area contributed by atoms with Gasteiger partial charge >= 0.3 is 0 Å². The average molecular weight is 270 g/mol. The number of aliphatic hydroxyl groups is 1. The zero-order valence-corrected chi connectivity index (χ0v) is 11.5. The Hall–Kier alpha value is -0.770. The highest BCUT2D eigenvalue weighted by molar-refractivity contribution is 6.30. The molecule has 1 N–H and O–H groups in total. The molecule has 1 aliphatic heterocycles. The standard InChI is InChI=1S/C14H20ClNO2/c1-18-10-11-3-2-6-16(8-11)14-5-4-13(15)7-12(14)9-17/h4-5,7,11,17H,2-3,6,8-10H2,1H3. The van der Waals surface area contributed by atoms with Gasteiger partial charge in [-0.15, -0.1) is 0 Å². The molecule has 1 saturated heterocycles. The number of ether oxygens (including phenoxy) is 1. The van der Waals surface area contributed by atoms with Gasteiger partial charge in [0.15, 0.2) is 0 Å². The van der Waals surface area contributed by atoms with E-state index in [0.717, 1.165) is 30.9 Å². The average Bonchev–Trinajstić information content (AvgIpc) is 2.39. The summed E-state index contributed by atoms with van der Waals surface area (Å²) in [5.41, 5.74) is 2.00. The number of benzene rings is 1. The van der Waals surface area contributed by atoms with Crippen molar-refractivity contribution in [1.82, 2.24) is 0 Å². The number of aliphatic hydroxyl groups excluding tert-OH is 1. The molecule has 0 radical (unpaired) electrons. The second kappa shape index (κ2) is 6.41. The summed E-state index contributed by atoms with van der Waals surface area (Å²) < 4.78 is 5.24. The minimum absolute atomic E-state index is 0.0291. The Bertz CT molecular complexity index is 395. The molecule has 1 heterocycles. The van der Waals surface area contributed by atoms with Crippen LogP contribution in [0.25, 0.3) is 0 Å². The van der Waals surface area contributed by atoms with E-state index in [0.29, 0.717) is 10.9 Å². The van der Waals surface area contributed by atoms with Gasteiger partial charge in [0.1, 0.15) is 0 Å². The zero-order chi connectivity index (χ0) is 13.0. The predicted molar refractivity (Wildman–Crippen MR) is 74.2 cm³/mol. The lowest BCUT2D eigenvalue weighted by Gasteiger charge is -2.35. The molecular formula is C14H20ClNO2. The molecule has 0 saturated carbocycles. The van der Waals surface area contributed by atoms with Gasteiger partial charge in [-0.1, -0.05) is 11.6 Å². The van der Waals surface area contributed by atoms with Crippen molar-refractivity contribution in [3.8, 4) is 0 Å². The van der Waals surface area contributed by atoms with Crippen LogP contribution >= 0.6 is 11.6 Å². The number of hydrogen-bond acceptors (Lipinski definition) is 3. The zero-order valence-electron chi connectivity index (χ0n) is 10.7. The predicted octanol–water partition coefficient (Wildman–Crippen LogP) is 2.70. The molecule has 1 atom stereocenters. The summed E-state index contributed by atoms with van der Waals surface area (Å²) in [7, 11) is 1.75. The summed E-state index contributed by atoms with van der Waals surface area (Å²) in [5, 5.41) is 10.1. The molecule has 3 nitrogen and oxygen atoms in total. The number of piperidine rings is 1. The van der Waals surface area contributed by atoms with Crippen LogP contribution in [-0.4, -0.2) is 31.9 Å². The summed E-state index contributed by atoms with van der Waals surface area (Å²) in [6.45, 7) is 2.86. The van der Waals surface area contributed by atoms with Gasteiger partial charge in [0.2, 0.25) is 0 Å². The molecule has 2 rings (SSSR count). The van der Waals surface area contributed by atoms with Gasteiger partial charge < -0.3 is 14.7 Å². The molecule has 0 amide bonds. The summed E-state index contributed by atoms with van der Waals surface area (Å²) >= 11 is 5.96. The number of rotatable bonds is 4. The van der Waals surface area contributed by atoms with Crippen LogP contribution in [-0.2, 0) is 11.3 Å². The lowest BCUT2D eigenvalue weighted by molar-refractivity contribution is 0.143. The second-order valence-corrected chi connectivity index (χ2v) is 5.28. The highest BCUT2D eigenvalue weighted by Crippen LogP contribution is 2.28. The van der Waals surface area contributed by atoms with Crippen molar-refractivity contribution in [2.24, 2.45) is 5.92 Å². The van der Waals surface area contributed by atoms with E-state index < -0.39 is 0 Å². The minimum Gasteiger partial charge on any atom is -0.392 e. The molecule has 0 bridgehead atoms. The van der Waals surface area contributed by atoms with E-state index in [4.69, 9.17) is 16.3 Å². The number of hydrogen-bond donors (Lipinski definition) is 1. The van der Waals surface area contributed by atoms with E-state index in [2.05, 4.69) is 4.90 Å². The number of anilines is 1. The fourth-order valence-corrected chi connectivity index (χ4v) is 2.84. The van der Waals surface area contributed by atoms with Gasteiger partial charge in [-0.05, 0) is 37.0 Å². The van der Waals surface area contributed by atoms with Crippen molar-refractivity contribution in [3.05, 3.63) is 28.8 Å². The van der Waals surface area contributed by atoms with Crippen molar-refractivity contribution in [2.45, 2.75) is 19.4 Å². The fraction of sp³-hybridized carbons (Fsp3) is 0.571. The normalized spacial score (nSPS) is 20.2. The molecule has 1 fully saturated rings. The second-order valence-electron chi connectivity index (χ2n) is 4.84. The van der Waals surface area contributed by atoms with Gasteiger partial charge in [0.25, 0.3) is 0 Å². The molecule has 1 aromatic rings. The van der Waals surface area contributed by atoms with Crippen LogP contribution < -0.4 is 4.90 Å². The van der Waals surface area contributed by atoms with Gasteiger partial charge in [-0.3, -0.25) is 0 Å². The molecule has 0 spiro atoms. The van der Waals surface area contributed by atoms with E-state index in [9.17, 15) is 5.11 Å². The Kier molecular flexibility index (Phi) is 4.87. The highest BCUT2D eigenvalue weighted by Gasteiger charge is 2.21. The van der Waals surface area contributed by atoms with Crippen molar-refractivity contribution in [2.75, 3.05) is 31.7 Å². The number of nitrogens with zero attached hydrogens (tertiary/aromatic N) is 1. The maximum Gasteiger partial charge on any atom is 0.0702 e. The van der Waals surface area contributed by atoms with E-state index in [1.54, 1.807) is 7.11 Å². The van der Waals surface area contributed by atoms with E-state index in [-0.39, 0.29) is 6.61 Å². The van der Waals surface area contributed by atoms with Crippen molar-refractivity contribution >= 4 is 17.3 Å². The summed E-state index contributed by atoms with van der Waals surface area (Å²) in [5.74, 6) is 0.575. The summed E-state index contributed by atoms with van der Waals surface area (Å²) in [6.07, 6.45) is 2.38. The third-order valence-corrected chi connectivity index (χ3v) is 3.71. The minimum atomic E-state index is 0.0291. The first-order valence-corrected chi connectivity index (χ1v) is 6.75. The third kappa shape index (κ3) is 3.16. The van der Waals surface area contributed by atoms with Crippen LogP contribution in [0.3, 0.4) is 0 Å². The monoisotopic (exact) mass is 269 g/mol. The molecule has 4 heteroatoms. The third-order valence-electron chi connectivity index (χ3n) is 3.47. The first-order chi connectivity index (χ1) is 8.74.